The van der Waals surface area contributed by atoms with Crippen LogP contribution in [0.5, 0.6) is 0 Å². The molecule has 0 amide bonds. The summed E-state index contributed by atoms with van der Waals surface area (Å²) < 4.78 is 33.7. The third-order valence-corrected chi connectivity index (χ3v) is 0.736. The fourth-order valence-corrected chi connectivity index (χ4v) is 0.0991. The molecule has 0 aliphatic heterocycles. The van der Waals surface area contributed by atoms with E-state index in [1.807, 2.05) is 0 Å². The van der Waals surface area contributed by atoms with E-state index in [9.17, 15) is 18.0 Å². The van der Waals surface area contributed by atoms with Crippen molar-refractivity contribution in [3.63, 3.8) is 0 Å². The van der Waals surface area contributed by atoms with Crippen LogP contribution in [0.15, 0.2) is 0 Å². The summed E-state index contributed by atoms with van der Waals surface area (Å²) >= 11 is 0. The second-order valence-electron chi connectivity index (χ2n) is 1.43. The monoisotopic (exact) mass is 126 g/mol. The predicted molar refractivity (Wildman–Crippen MR) is 21.3 cm³/mol. The van der Waals surface area contributed by atoms with E-state index >= 15 is 0 Å². The molecule has 0 saturated heterocycles. The zero-order valence-corrected chi connectivity index (χ0v) is 4.20. The van der Waals surface area contributed by atoms with Crippen molar-refractivity contribution in [1.82, 2.24) is 0 Å². The Kier molecular flexibility index (Phi) is 2.51. The Balaban J connectivity index is 3.64. The zero-order chi connectivity index (χ0) is 6.73. The Morgan fingerprint density at radius 3 is 1.88 bits per heavy atom. The molecule has 4 heteroatoms. The molecule has 0 bridgehead atoms. The number of hydrogen-bond donors (Lipinski definition) is 0. The minimum Gasteiger partial charge on any atom is -0.261 e. The highest BCUT2D eigenvalue weighted by molar-refractivity contribution is 5.70. The average Bonchev–Trinajstić information content (AvgIpc) is 1.64. The summed E-state index contributed by atoms with van der Waals surface area (Å²) in [6.07, 6.45) is -2.88. The highest BCUT2D eigenvalue weighted by Gasteiger charge is 2.22. The van der Waals surface area contributed by atoms with Gasteiger partial charge in [0.25, 0.3) is 6.43 Å². The van der Waals surface area contributed by atoms with Crippen LogP contribution in [-0.4, -0.2) is 12.5 Å². The summed E-state index contributed by atoms with van der Waals surface area (Å²) in [7, 11) is 0. The molecule has 1 nitrogen and oxygen atoms in total. The Morgan fingerprint density at radius 1 is 1.50 bits per heavy atom. The van der Waals surface area contributed by atoms with Crippen molar-refractivity contribution in [3.8, 4) is 0 Å². The first-order valence-corrected chi connectivity index (χ1v) is 2.03. The molecule has 0 fully saturated rings. The van der Waals surface area contributed by atoms with Crippen LogP contribution >= 0.6 is 0 Å². The van der Waals surface area contributed by atoms with Gasteiger partial charge in [-0.3, -0.25) is 4.79 Å². The maximum atomic E-state index is 11.2. The van der Waals surface area contributed by atoms with Crippen molar-refractivity contribution in [2.24, 2.45) is 5.92 Å². The van der Waals surface area contributed by atoms with Gasteiger partial charge in [-0.15, -0.1) is 0 Å². The molecule has 0 spiro atoms. The van der Waals surface area contributed by atoms with E-state index in [1.165, 1.54) is 0 Å². The summed E-state index contributed by atoms with van der Waals surface area (Å²) in [5.41, 5.74) is 0. The van der Waals surface area contributed by atoms with Gasteiger partial charge in [0.2, 0.25) is 0 Å². The highest BCUT2D eigenvalue weighted by Crippen LogP contribution is 2.09. The zero-order valence-electron chi connectivity index (χ0n) is 4.20. The fraction of sp³-hybridized carbons (Fsp3) is 0.750. The van der Waals surface area contributed by atoms with Crippen LogP contribution in [0.2, 0.25) is 0 Å². The third-order valence-electron chi connectivity index (χ3n) is 0.736. The quantitative estimate of drug-likeness (QED) is 0.511. The molecular weight excluding hydrogens is 121 g/mol. The second-order valence-corrected chi connectivity index (χ2v) is 1.43. The number of rotatable bonds is 2. The number of carbonyl (C=O) groups excluding carboxylic acids is 1. The Bertz CT molecular complexity index is 91.3. The third kappa shape index (κ3) is 1.95. The van der Waals surface area contributed by atoms with Crippen molar-refractivity contribution in [1.29, 1.82) is 0 Å². The summed E-state index contributed by atoms with van der Waals surface area (Å²) in [5.74, 6) is -1.77. The van der Waals surface area contributed by atoms with Crippen molar-refractivity contribution < 1.29 is 18.0 Å². The minimum atomic E-state index is -2.88. The maximum Gasteiger partial charge on any atom is 0.309 e. The number of carbonyl (C=O) groups is 1. The van der Waals surface area contributed by atoms with Crippen molar-refractivity contribution in [2.75, 3.05) is 0 Å². The first-order valence-electron chi connectivity index (χ1n) is 2.03. The Hall–Kier alpha value is -0.540. The molecule has 0 rings (SSSR count). The van der Waals surface area contributed by atoms with E-state index in [0.717, 1.165) is 6.92 Å². The molecule has 0 N–H and O–H groups in total. The molecule has 0 radical (unpaired) electrons. The van der Waals surface area contributed by atoms with Crippen LogP contribution in [0.4, 0.5) is 13.2 Å². The van der Waals surface area contributed by atoms with Crippen LogP contribution < -0.4 is 0 Å². The molecule has 0 heterocycles. The summed E-state index contributed by atoms with van der Waals surface area (Å²) in [6, 6.07) is -1.96. The number of alkyl halides is 2. The van der Waals surface area contributed by atoms with Crippen LogP contribution in [0.1, 0.15) is 6.92 Å². The number of hydrogen-bond acceptors (Lipinski definition) is 1. The Morgan fingerprint density at radius 2 is 1.88 bits per heavy atom. The Labute approximate surface area is 44.5 Å². The summed E-state index contributed by atoms with van der Waals surface area (Å²) in [4.78, 5) is 9.44. The average molecular weight is 126 g/mol. The minimum absolute atomic E-state index is 0.840. The fourth-order valence-electron chi connectivity index (χ4n) is 0.0991. The molecule has 0 saturated carbocycles. The van der Waals surface area contributed by atoms with Crippen molar-refractivity contribution >= 4 is 6.04 Å². The summed E-state index contributed by atoms with van der Waals surface area (Å²) in [5, 5.41) is 0. The molecule has 1 atom stereocenters. The van der Waals surface area contributed by atoms with Gasteiger partial charge >= 0.3 is 6.04 Å². The normalized spacial score (nSPS) is 14.1. The van der Waals surface area contributed by atoms with Crippen molar-refractivity contribution in [2.45, 2.75) is 13.3 Å². The summed E-state index contributed by atoms with van der Waals surface area (Å²) in [6.45, 7) is 0.840. The van der Waals surface area contributed by atoms with Gasteiger partial charge in [0.15, 0.2) is 0 Å². The van der Waals surface area contributed by atoms with E-state index in [2.05, 4.69) is 0 Å². The molecule has 0 aromatic carbocycles. The first kappa shape index (κ1) is 7.46. The van der Waals surface area contributed by atoms with Crippen LogP contribution in [0.25, 0.3) is 0 Å². The SMILES string of the molecule is CC(C(=O)F)C(F)F. The molecule has 48 valence electrons. The lowest BCUT2D eigenvalue weighted by atomic mass is 10.2. The van der Waals surface area contributed by atoms with E-state index in [4.69, 9.17) is 0 Å². The lowest BCUT2D eigenvalue weighted by Gasteiger charge is -1.99. The van der Waals surface area contributed by atoms with Crippen LogP contribution in [0.3, 0.4) is 0 Å². The second kappa shape index (κ2) is 2.69. The van der Waals surface area contributed by atoms with Gasteiger partial charge in [-0.05, 0) is 6.92 Å². The van der Waals surface area contributed by atoms with E-state index in [0.29, 0.717) is 0 Å². The molecule has 0 aliphatic rings. The van der Waals surface area contributed by atoms with Gasteiger partial charge in [-0.2, -0.15) is 4.39 Å². The van der Waals surface area contributed by atoms with E-state index < -0.39 is 18.4 Å². The number of halogens is 3. The van der Waals surface area contributed by atoms with Gasteiger partial charge in [-0.1, -0.05) is 0 Å². The van der Waals surface area contributed by atoms with Gasteiger partial charge in [0.1, 0.15) is 5.92 Å². The van der Waals surface area contributed by atoms with Gasteiger partial charge in [0.05, 0.1) is 0 Å². The first-order chi connectivity index (χ1) is 3.55. The smallest absolute Gasteiger partial charge is 0.261 e. The standard InChI is InChI=1S/C4H5F3O/c1-2(3(5)6)4(7)8/h2-3H,1H3. The highest BCUT2D eigenvalue weighted by atomic mass is 19.3. The van der Waals surface area contributed by atoms with Crippen LogP contribution in [0, 0.1) is 5.92 Å². The van der Waals surface area contributed by atoms with E-state index in [1.54, 1.807) is 0 Å². The van der Waals surface area contributed by atoms with Crippen molar-refractivity contribution in [3.05, 3.63) is 0 Å². The molecule has 0 aromatic rings. The molecule has 8 heavy (non-hydrogen) atoms. The van der Waals surface area contributed by atoms with Gasteiger partial charge in [-0.25, -0.2) is 8.78 Å². The maximum absolute atomic E-state index is 11.2. The molecular formula is C4H5F3O. The van der Waals surface area contributed by atoms with Gasteiger partial charge in [0, 0.05) is 0 Å². The van der Waals surface area contributed by atoms with Gasteiger partial charge < -0.3 is 0 Å². The molecule has 0 aromatic heterocycles. The van der Waals surface area contributed by atoms with E-state index in [-0.39, 0.29) is 0 Å². The molecule has 1 unspecified atom stereocenters. The predicted octanol–water partition coefficient (Wildman–Crippen LogP) is 1.38. The lowest BCUT2D eigenvalue weighted by molar-refractivity contribution is -0.137. The topological polar surface area (TPSA) is 17.1 Å². The lowest BCUT2D eigenvalue weighted by Crippen LogP contribution is -2.13. The largest absolute Gasteiger partial charge is 0.309 e. The molecule has 0 aliphatic carbocycles. The van der Waals surface area contributed by atoms with Crippen LogP contribution in [-0.2, 0) is 4.79 Å².